The maximum atomic E-state index is 9.10. The molecule has 0 radical (unpaired) electrons. The van der Waals surface area contributed by atoms with Crippen LogP contribution in [0.2, 0.25) is 0 Å². The summed E-state index contributed by atoms with van der Waals surface area (Å²) in [6, 6.07) is 0. The molecule has 1 unspecified atom stereocenters. The van der Waals surface area contributed by atoms with Crippen LogP contribution in [0.1, 0.15) is 0 Å². The summed E-state index contributed by atoms with van der Waals surface area (Å²) in [6.07, 6.45) is 0. The minimum Gasteiger partial charge on any atom is -0.277 e. The van der Waals surface area contributed by atoms with E-state index in [1.54, 1.807) is 0 Å². The highest BCUT2D eigenvalue weighted by Gasteiger charge is 1.85. The van der Waals surface area contributed by atoms with Crippen molar-refractivity contribution in [3.63, 3.8) is 0 Å². The Balaban J connectivity index is 0. The molecule has 0 aromatic carbocycles. The minimum absolute atomic E-state index is 0. The fraction of sp³-hybridized carbons (Fsp3) is 0. The third-order valence-electron chi connectivity index (χ3n) is 0. The van der Waals surface area contributed by atoms with Crippen molar-refractivity contribution in [2.24, 2.45) is 0 Å². The molecule has 6 heavy (non-hydrogen) atoms. The molecule has 0 amide bonds. The normalized spacial score (nSPS) is 9.67. The average Bonchev–Trinajstić information content (AvgIpc) is 0.722. The summed E-state index contributed by atoms with van der Waals surface area (Å²) in [4.78, 5) is 0. The van der Waals surface area contributed by atoms with E-state index in [0.29, 0.717) is 0 Å². The van der Waals surface area contributed by atoms with Crippen LogP contribution in [0.25, 0.3) is 0 Å². The molecule has 0 aromatic heterocycles. The topological polar surface area (TPSA) is 54.4 Å². The van der Waals surface area contributed by atoms with E-state index in [1.165, 1.54) is 0 Å². The lowest BCUT2D eigenvalue weighted by Crippen LogP contribution is -1.76. The molecule has 0 aliphatic rings. The zero-order chi connectivity index (χ0) is 4.50. The number of hydrogen-bond donors (Lipinski definition) is 1. The Morgan fingerprint density at radius 3 is 1.50 bits per heavy atom. The summed E-state index contributed by atoms with van der Waals surface area (Å²) in [5.74, 6) is 0. The average molecular weight is 195 g/mol. The van der Waals surface area contributed by atoms with Gasteiger partial charge in [-0.25, -0.2) is 0 Å². The van der Waals surface area contributed by atoms with Crippen molar-refractivity contribution in [3.05, 3.63) is 0 Å². The van der Waals surface area contributed by atoms with E-state index in [9.17, 15) is 0 Å². The van der Waals surface area contributed by atoms with Gasteiger partial charge in [-0.15, -0.1) is 0 Å². The first-order chi connectivity index (χ1) is 2.00. The van der Waals surface area contributed by atoms with E-state index in [1.807, 2.05) is 14.8 Å². The summed E-state index contributed by atoms with van der Waals surface area (Å²) in [5.41, 5.74) is 0. The molecule has 1 N–H and O–H groups in total. The van der Waals surface area contributed by atoms with Crippen molar-refractivity contribution < 1.29 is 13.0 Å². The van der Waals surface area contributed by atoms with Gasteiger partial charge in [-0.2, -0.15) is 18.3 Å². The van der Waals surface area contributed by atoms with Crippen molar-refractivity contribution in [3.8, 4) is 0 Å². The summed E-state index contributed by atoms with van der Waals surface area (Å²) >= 11 is 1.90. The smallest absolute Gasteiger partial charge is 0.277 e. The monoisotopic (exact) mass is 194 g/mol. The van der Waals surface area contributed by atoms with Gasteiger partial charge in [-0.1, -0.05) is 0 Å². The van der Waals surface area contributed by atoms with E-state index in [0.717, 1.165) is 0 Å². The second-order valence-corrected chi connectivity index (χ2v) is 3.69. The second-order valence-electron chi connectivity index (χ2n) is 0.412. The summed E-state index contributed by atoms with van der Waals surface area (Å²) in [7, 11) is -3.85. The van der Waals surface area contributed by atoms with Crippen molar-refractivity contribution in [1.29, 1.82) is 0 Å². The fourth-order valence-corrected chi connectivity index (χ4v) is 0. The molecular weight excluding hydrogens is 191 g/mol. The largest absolute Gasteiger partial charge is 0.326 e. The van der Waals surface area contributed by atoms with Gasteiger partial charge in [0, 0.05) is 0 Å². The molecular formula is H4BrO3PS. The molecule has 0 bridgehead atoms. The quantitative estimate of drug-likeness (QED) is 0.342. The highest BCUT2D eigenvalue weighted by molar-refractivity contribution is 9.46. The minimum atomic E-state index is -3.85. The van der Waals surface area contributed by atoms with Crippen LogP contribution in [-0.4, -0.2) is 13.0 Å². The highest BCUT2D eigenvalue weighted by Crippen LogP contribution is 1.88. The van der Waals surface area contributed by atoms with Crippen molar-refractivity contribution in [2.45, 2.75) is 0 Å². The Hall–Kier alpha value is 0.820. The fourth-order valence-electron chi connectivity index (χ4n) is 0. The zero-order valence-electron chi connectivity index (χ0n) is 2.76. The Morgan fingerprint density at radius 2 is 1.50 bits per heavy atom. The Kier molecular flexibility index (Phi) is 4.82. The molecule has 6 heteroatoms. The van der Waals surface area contributed by atoms with Crippen LogP contribution in [0.4, 0.5) is 0 Å². The summed E-state index contributed by atoms with van der Waals surface area (Å²) in [5, 5.41) is 0. The molecule has 0 fully saturated rings. The number of hydrogen-bond acceptors (Lipinski definition) is 2. The van der Waals surface area contributed by atoms with Gasteiger partial charge in [-0.05, 0) is 0 Å². The van der Waals surface area contributed by atoms with Gasteiger partial charge >= 0.3 is 8.55 Å². The van der Waals surface area contributed by atoms with Gasteiger partial charge in [0.25, 0.3) is 0 Å². The van der Waals surface area contributed by atoms with Gasteiger partial charge in [0.1, 0.15) is 0 Å². The van der Waals surface area contributed by atoms with Crippen molar-refractivity contribution in [2.75, 3.05) is 0 Å². The van der Waals surface area contributed by atoms with E-state index < -0.39 is 8.55 Å². The van der Waals surface area contributed by atoms with Crippen LogP contribution < -0.4 is 0 Å². The number of halogens is 1. The molecule has 1 atom stereocenters. The molecule has 0 aliphatic carbocycles. The molecule has 0 rings (SSSR count). The second kappa shape index (κ2) is 2.91. The van der Waals surface area contributed by atoms with Gasteiger partial charge in [0.05, 0.1) is 14.8 Å². The molecule has 0 heterocycles. The van der Waals surface area contributed by atoms with Crippen LogP contribution in [0, 0.1) is 0 Å². The van der Waals surface area contributed by atoms with Crippen LogP contribution in [0.15, 0.2) is 0 Å². The first kappa shape index (κ1) is 9.94. The van der Waals surface area contributed by atoms with Crippen LogP contribution in [0.5, 0.6) is 0 Å². The van der Waals surface area contributed by atoms with E-state index in [-0.39, 0.29) is 9.90 Å². The predicted octanol–water partition coefficient (Wildman–Crippen LogP) is 0.242. The molecule has 0 saturated heterocycles. The first-order valence-electron chi connectivity index (χ1n) is 0.670. The van der Waals surface area contributed by atoms with Crippen LogP contribution in [-0.2, 0) is 8.55 Å². The first-order valence-corrected chi connectivity index (χ1v) is 3.95. The lowest BCUT2D eigenvalue weighted by atomic mass is 15.9. The van der Waals surface area contributed by atoms with Gasteiger partial charge in [0.15, 0.2) is 0 Å². The SMILES string of the molecule is O=S(=O)(O)Br.P. The molecule has 0 aromatic rings. The summed E-state index contributed by atoms with van der Waals surface area (Å²) < 4.78 is 25.6. The van der Waals surface area contributed by atoms with Crippen LogP contribution in [0.3, 0.4) is 0 Å². The predicted molar refractivity (Wildman–Crippen MR) is 31.6 cm³/mol. The lowest BCUT2D eigenvalue weighted by molar-refractivity contribution is 0.504. The zero-order valence-corrected chi connectivity index (χ0v) is 6.57. The maximum absolute atomic E-state index is 9.10. The Morgan fingerprint density at radius 1 is 1.50 bits per heavy atom. The Bertz CT molecular complexity index is 94.0. The van der Waals surface area contributed by atoms with Gasteiger partial charge in [-0.3, -0.25) is 4.55 Å². The van der Waals surface area contributed by atoms with Gasteiger partial charge < -0.3 is 0 Å². The van der Waals surface area contributed by atoms with E-state index >= 15 is 0 Å². The molecule has 0 aliphatic heterocycles. The summed E-state index contributed by atoms with van der Waals surface area (Å²) in [6.45, 7) is 0. The Labute approximate surface area is 46.7 Å². The van der Waals surface area contributed by atoms with Crippen molar-refractivity contribution >= 4 is 33.3 Å². The third kappa shape index (κ3) is 105. The molecule has 0 spiro atoms. The standard InChI is InChI=1S/BrHO3S.H3P/c1-5(2,3)4;/h(H,2,3,4);1H3. The highest BCUT2D eigenvalue weighted by atomic mass is 79.9. The van der Waals surface area contributed by atoms with Crippen LogP contribution >= 0.6 is 24.7 Å². The molecule has 0 saturated carbocycles. The van der Waals surface area contributed by atoms with Gasteiger partial charge in [0.2, 0.25) is 0 Å². The molecule has 40 valence electrons. The van der Waals surface area contributed by atoms with E-state index in [2.05, 4.69) is 0 Å². The maximum Gasteiger partial charge on any atom is 0.326 e. The van der Waals surface area contributed by atoms with Crippen molar-refractivity contribution in [1.82, 2.24) is 0 Å². The van der Waals surface area contributed by atoms with E-state index in [4.69, 9.17) is 13.0 Å². The third-order valence-corrected chi connectivity index (χ3v) is 0. The lowest BCUT2D eigenvalue weighted by Gasteiger charge is -1.65. The number of rotatable bonds is 0. The molecule has 3 nitrogen and oxygen atoms in total.